The van der Waals surface area contributed by atoms with Crippen molar-refractivity contribution in [2.45, 2.75) is 44.2 Å². The summed E-state index contributed by atoms with van der Waals surface area (Å²) < 4.78 is 13.5. The number of rotatable bonds is 5. The number of nitrogens with one attached hydrogen (secondary N) is 1. The van der Waals surface area contributed by atoms with Crippen molar-refractivity contribution in [1.29, 1.82) is 0 Å². The molecule has 2 unspecified atom stereocenters. The third kappa shape index (κ3) is 3.76. The molecule has 0 spiro atoms. The van der Waals surface area contributed by atoms with Crippen molar-refractivity contribution in [2.75, 3.05) is 11.4 Å². The van der Waals surface area contributed by atoms with Gasteiger partial charge in [0, 0.05) is 29.9 Å². The molecule has 1 aromatic carbocycles. The van der Waals surface area contributed by atoms with Crippen LogP contribution < -0.4 is 10.2 Å². The zero-order chi connectivity index (χ0) is 18.1. The summed E-state index contributed by atoms with van der Waals surface area (Å²) in [4.78, 5) is 14.4. The van der Waals surface area contributed by atoms with E-state index in [0.29, 0.717) is 31.0 Å². The lowest BCUT2D eigenvalue weighted by molar-refractivity contribution is 0.198. The van der Waals surface area contributed by atoms with Crippen LogP contribution in [0, 0.1) is 11.7 Å². The van der Waals surface area contributed by atoms with Crippen LogP contribution >= 0.6 is 11.3 Å². The van der Waals surface area contributed by atoms with Gasteiger partial charge in [0.2, 0.25) is 0 Å². The number of amides is 1. The van der Waals surface area contributed by atoms with E-state index >= 15 is 0 Å². The summed E-state index contributed by atoms with van der Waals surface area (Å²) in [5, 5.41) is 15.3. The van der Waals surface area contributed by atoms with E-state index in [0.717, 1.165) is 29.0 Å². The minimum atomic E-state index is -0.908. The van der Waals surface area contributed by atoms with Crippen molar-refractivity contribution in [3.8, 4) is 0 Å². The third-order valence-corrected chi connectivity index (χ3v) is 6.42. The van der Waals surface area contributed by atoms with Crippen LogP contribution in [0.4, 0.5) is 14.9 Å². The summed E-state index contributed by atoms with van der Waals surface area (Å²) in [6.45, 7) is 0.539. The van der Waals surface area contributed by atoms with Gasteiger partial charge in [0.25, 0.3) is 0 Å². The molecule has 26 heavy (non-hydrogen) atoms. The van der Waals surface area contributed by atoms with Gasteiger partial charge in [-0.2, -0.15) is 0 Å². The average molecular weight is 374 g/mol. The van der Waals surface area contributed by atoms with Crippen molar-refractivity contribution in [2.24, 2.45) is 5.92 Å². The SMILES string of the molecule is O=C(O)N(CC1CC2CCC(C1)N2)c1ccsc1Cc1cccc(F)c1. The van der Waals surface area contributed by atoms with Crippen LogP contribution in [0.3, 0.4) is 0 Å². The highest BCUT2D eigenvalue weighted by atomic mass is 32.1. The molecular weight excluding hydrogens is 351 g/mol. The van der Waals surface area contributed by atoms with E-state index in [2.05, 4.69) is 5.32 Å². The van der Waals surface area contributed by atoms with Crippen LogP contribution in [0.25, 0.3) is 0 Å². The third-order valence-electron chi connectivity index (χ3n) is 5.51. The summed E-state index contributed by atoms with van der Waals surface area (Å²) in [5.41, 5.74) is 1.61. The molecule has 2 fully saturated rings. The Labute approximate surface area is 156 Å². The van der Waals surface area contributed by atoms with Crippen molar-refractivity contribution < 1.29 is 14.3 Å². The molecule has 2 atom stereocenters. The van der Waals surface area contributed by atoms with Gasteiger partial charge in [-0.1, -0.05) is 12.1 Å². The van der Waals surface area contributed by atoms with Crippen molar-refractivity contribution in [1.82, 2.24) is 5.32 Å². The highest BCUT2D eigenvalue weighted by Crippen LogP contribution is 2.34. The van der Waals surface area contributed by atoms with E-state index in [-0.39, 0.29) is 5.82 Å². The molecule has 2 aliphatic heterocycles. The number of anilines is 1. The summed E-state index contributed by atoms with van der Waals surface area (Å²) >= 11 is 1.53. The summed E-state index contributed by atoms with van der Waals surface area (Å²) in [7, 11) is 0. The van der Waals surface area contributed by atoms with E-state index in [1.165, 1.54) is 41.2 Å². The number of hydrogen-bond acceptors (Lipinski definition) is 3. The topological polar surface area (TPSA) is 52.6 Å². The largest absolute Gasteiger partial charge is 0.465 e. The number of thiophene rings is 1. The zero-order valence-corrected chi connectivity index (χ0v) is 15.3. The Morgan fingerprint density at radius 1 is 1.27 bits per heavy atom. The lowest BCUT2D eigenvalue weighted by atomic mass is 9.92. The molecular formula is C20H23FN2O2S. The van der Waals surface area contributed by atoms with Gasteiger partial charge in [0.1, 0.15) is 5.82 Å². The van der Waals surface area contributed by atoms with Gasteiger partial charge in [0.05, 0.1) is 5.69 Å². The predicted octanol–water partition coefficient (Wildman–Crippen LogP) is 4.49. The molecule has 0 saturated carbocycles. The van der Waals surface area contributed by atoms with Gasteiger partial charge in [-0.05, 0) is 60.7 Å². The minimum absolute atomic E-state index is 0.263. The zero-order valence-electron chi connectivity index (χ0n) is 14.5. The van der Waals surface area contributed by atoms with Crippen LogP contribution in [0.5, 0.6) is 0 Å². The monoisotopic (exact) mass is 374 g/mol. The number of benzene rings is 1. The molecule has 2 saturated heterocycles. The van der Waals surface area contributed by atoms with E-state index < -0.39 is 6.09 Å². The lowest BCUT2D eigenvalue weighted by Crippen LogP contribution is -2.43. The fraction of sp³-hybridized carbons (Fsp3) is 0.450. The first-order chi connectivity index (χ1) is 12.6. The molecule has 2 aromatic rings. The molecule has 3 heterocycles. The quantitative estimate of drug-likeness (QED) is 0.811. The molecule has 2 N–H and O–H groups in total. The van der Waals surface area contributed by atoms with E-state index in [4.69, 9.17) is 0 Å². The van der Waals surface area contributed by atoms with Crippen molar-refractivity contribution in [3.05, 3.63) is 52.0 Å². The lowest BCUT2D eigenvalue weighted by Gasteiger charge is -2.32. The molecule has 138 valence electrons. The van der Waals surface area contributed by atoms with Gasteiger partial charge in [-0.25, -0.2) is 9.18 Å². The number of nitrogens with zero attached hydrogens (tertiary/aromatic N) is 1. The average Bonchev–Trinajstić information content (AvgIpc) is 3.18. The first-order valence-electron chi connectivity index (χ1n) is 9.16. The molecule has 0 radical (unpaired) electrons. The number of hydrogen-bond donors (Lipinski definition) is 2. The maximum Gasteiger partial charge on any atom is 0.411 e. The normalized spacial score (nSPS) is 24.6. The molecule has 6 heteroatoms. The van der Waals surface area contributed by atoms with Crippen LogP contribution in [0.15, 0.2) is 35.7 Å². The van der Waals surface area contributed by atoms with Crippen molar-refractivity contribution >= 4 is 23.1 Å². The smallest absolute Gasteiger partial charge is 0.411 e. The second-order valence-electron chi connectivity index (χ2n) is 7.40. The fourth-order valence-electron chi connectivity index (χ4n) is 4.40. The highest BCUT2D eigenvalue weighted by Gasteiger charge is 2.35. The Morgan fingerprint density at radius 2 is 2.04 bits per heavy atom. The second-order valence-corrected chi connectivity index (χ2v) is 8.40. The number of carbonyl (C=O) groups is 1. The van der Waals surface area contributed by atoms with E-state index in [1.807, 2.05) is 17.5 Å². The summed E-state index contributed by atoms with van der Waals surface area (Å²) in [6.07, 6.45) is 4.14. The van der Waals surface area contributed by atoms with Crippen LogP contribution in [0.2, 0.25) is 0 Å². The summed E-state index contributed by atoms with van der Waals surface area (Å²) in [5.74, 6) is 0.132. The molecule has 1 aromatic heterocycles. The number of carboxylic acid groups (broad SMARTS) is 1. The highest BCUT2D eigenvalue weighted by molar-refractivity contribution is 7.10. The van der Waals surface area contributed by atoms with Crippen LogP contribution in [-0.4, -0.2) is 29.8 Å². The maximum absolute atomic E-state index is 13.5. The first-order valence-corrected chi connectivity index (χ1v) is 10.0. The minimum Gasteiger partial charge on any atom is -0.465 e. The molecule has 4 rings (SSSR count). The molecule has 2 bridgehead atoms. The number of piperidine rings is 1. The Balaban J connectivity index is 1.52. The Hall–Kier alpha value is -1.92. The van der Waals surface area contributed by atoms with Gasteiger partial charge in [-0.15, -0.1) is 11.3 Å². The Kier molecular flexibility index (Phi) is 4.96. The van der Waals surface area contributed by atoms with Gasteiger partial charge in [0.15, 0.2) is 0 Å². The number of fused-ring (bicyclic) bond motifs is 2. The predicted molar refractivity (Wildman–Crippen MR) is 102 cm³/mol. The fourth-order valence-corrected chi connectivity index (χ4v) is 5.31. The maximum atomic E-state index is 13.5. The van der Waals surface area contributed by atoms with E-state index in [9.17, 15) is 14.3 Å². The molecule has 2 aliphatic rings. The standard InChI is InChI=1S/C20H23FN2O2S/c21-15-3-1-2-13(8-15)11-19-18(6-7-26-19)23(20(24)25)12-14-9-16-4-5-17(10-14)22-16/h1-3,6-8,14,16-17,22H,4-5,9-12H2,(H,24,25). The van der Waals surface area contributed by atoms with Gasteiger partial charge < -0.3 is 10.4 Å². The summed E-state index contributed by atoms with van der Waals surface area (Å²) in [6, 6.07) is 9.47. The molecule has 0 aliphatic carbocycles. The molecule has 1 amide bonds. The number of halogens is 1. The first kappa shape index (κ1) is 17.5. The van der Waals surface area contributed by atoms with E-state index in [1.54, 1.807) is 6.07 Å². The van der Waals surface area contributed by atoms with Gasteiger partial charge in [-0.3, -0.25) is 4.90 Å². The van der Waals surface area contributed by atoms with Crippen LogP contribution in [-0.2, 0) is 6.42 Å². The Morgan fingerprint density at radius 3 is 2.73 bits per heavy atom. The van der Waals surface area contributed by atoms with Crippen molar-refractivity contribution in [3.63, 3.8) is 0 Å². The van der Waals surface area contributed by atoms with Gasteiger partial charge >= 0.3 is 6.09 Å². The second kappa shape index (κ2) is 7.37. The Bertz CT molecular complexity index is 782. The molecule has 4 nitrogen and oxygen atoms in total. The van der Waals surface area contributed by atoms with Crippen LogP contribution in [0.1, 0.15) is 36.1 Å².